The van der Waals surface area contributed by atoms with Crippen molar-refractivity contribution in [2.75, 3.05) is 30.3 Å². The van der Waals surface area contributed by atoms with Crippen LogP contribution in [0.15, 0.2) is 71.6 Å². The van der Waals surface area contributed by atoms with Crippen molar-refractivity contribution >= 4 is 33.2 Å². The highest BCUT2D eigenvalue weighted by molar-refractivity contribution is 7.92. The number of rotatable bonds is 10. The Morgan fingerprint density at radius 1 is 0.886 bits per heavy atom. The van der Waals surface area contributed by atoms with E-state index in [1.165, 1.54) is 6.07 Å². The molecule has 3 aromatic carbocycles. The van der Waals surface area contributed by atoms with E-state index in [1.807, 2.05) is 6.92 Å². The third kappa shape index (κ3) is 6.91. The number of amides is 2. The average Bonchev–Trinajstić information content (AvgIpc) is 2.83. The highest BCUT2D eigenvalue weighted by Gasteiger charge is 2.17. The zero-order chi connectivity index (χ0) is 25.4. The molecule has 0 aromatic heterocycles. The number of para-hydroxylation sites is 1. The molecule has 184 valence electrons. The van der Waals surface area contributed by atoms with Crippen molar-refractivity contribution in [3.8, 4) is 0 Å². The molecule has 0 atom stereocenters. The quantitative estimate of drug-likeness (QED) is 0.366. The first-order chi connectivity index (χ1) is 16.7. The van der Waals surface area contributed by atoms with Crippen molar-refractivity contribution in [3.63, 3.8) is 0 Å². The topological polar surface area (TPSA) is 114 Å². The van der Waals surface area contributed by atoms with Gasteiger partial charge in [-0.2, -0.15) is 0 Å². The molecule has 8 nitrogen and oxygen atoms in total. The average molecular weight is 496 g/mol. The van der Waals surface area contributed by atoms with E-state index in [-0.39, 0.29) is 10.8 Å². The highest BCUT2D eigenvalue weighted by Crippen LogP contribution is 2.23. The first kappa shape index (κ1) is 25.9. The van der Waals surface area contributed by atoms with Gasteiger partial charge in [-0.15, -0.1) is 0 Å². The van der Waals surface area contributed by atoms with Crippen LogP contribution >= 0.6 is 0 Å². The molecule has 3 aromatic rings. The number of sulfonamides is 1. The van der Waals surface area contributed by atoms with Crippen LogP contribution in [0.3, 0.4) is 0 Å². The summed E-state index contributed by atoms with van der Waals surface area (Å²) < 4.78 is 33.0. The number of hydrogen-bond donors (Lipinski definition) is 3. The van der Waals surface area contributed by atoms with Crippen LogP contribution in [0.5, 0.6) is 0 Å². The van der Waals surface area contributed by atoms with Crippen LogP contribution in [0.25, 0.3) is 0 Å². The van der Waals surface area contributed by atoms with Crippen LogP contribution in [-0.2, 0) is 14.8 Å². The number of anilines is 2. The van der Waals surface area contributed by atoms with E-state index in [9.17, 15) is 18.0 Å². The van der Waals surface area contributed by atoms with Crippen molar-refractivity contribution in [1.29, 1.82) is 0 Å². The monoisotopic (exact) mass is 495 g/mol. The van der Waals surface area contributed by atoms with E-state index >= 15 is 0 Å². The molecule has 0 radical (unpaired) electrons. The van der Waals surface area contributed by atoms with Gasteiger partial charge >= 0.3 is 0 Å². The summed E-state index contributed by atoms with van der Waals surface area (Å²) in [5, 5.41) is 5.58. The summed E-state index contributed by atoms with van der Waals surface area (Å²) in [6, 6.07) is 17.9. The fourth-order valence-electron chi connectivity index (χ4n) is 3.34. The smallest absolute Gasteiger partial charge is 0.261 e. The molecule has 3 rings (SSSR count). The molecule has 9 heteroatoms. The van der Waals surface area contributed by atoms with Crippen LogP contribution < -0.4 is 15.4 Å². The Morgan fingerprint density at radius 3 is 2.29 bits per heavy atom. The van der Waals surface area contributed by atoms with Crippen molar-refractivity contribution in [2.45, 2.75) is 25.2 Å². The molecule has 35 heavy (non-hydrogen) atoms. The summed E-state index contributed by atoms with van der Waals surface area (Å²) in [4.78, 5) is 25.6. The first-order valence-electron chi connectivity index (χ1n) is 11.1. The normalized spacial score (nSPS) is 11.1. The number of hydrogen-bond acceptors (Lipinski definition) is 5. The minimum absolute atomic E-state index is 0.154. The molecule has 0 saturated heterocycles. The lowest BCUT2D eigenvalue weighted by Gasteiger charge is -2.14. The van der Waals surface area contributed by atoms with Gasteiger partial charge in [0.25, 0.3) is 21.8 Å². The van der Waals surface area contributed by atoms with Gasteiger partial charge in [0.05, 0.1) is 21.8 Å². The number of carbonyl (C=O) groups is 2. The van der Waals surface area contributed by atoms with E-state index in [4.69, 9.17) is 4.74 Å². The summed E-state index contributed by atoms with van der Waals surface area (Å²) >= 11 is 0. The summed E-state index contributed by atoms with van der Waals surface area (Å²) in [6.45, 7) is 4.58. The predicted molar refractivity (Wildman–Crippen MR) is 136 cm³/mol. The van der Waals surface area contributed by atoms with Gasteiger partial charge < -0.3 is 15.4 Å². The third-order valence-corrected chi connectivity index (χ3v) is 6.68. The molecule has 0 heterocycles. The van der Waals surface area contributed by atoms with Crippen molar-refractivity contribution < 1.29 is 22.7 Å². The summed E-state index contributed by atoms with van der Waals surface area (Å²) in [5.41, 5.74) is 2.97. The number of carbonyl (C=O) groups excluding carboxylic acids is 2. The van der Waals surface area contributed by atoms with E-state index in [0.29, 0.717) is 47.6 Å². The molecular weight excluding hydrogens is 466 g/mol. The van der Waals surface area contributed by atoms with Crippen LogP contribution in [0.1, 0.15) is 38.3 Å². The van der Waals surface area contributed by atoms with E-state index < -0.39 is 15.9 Å². The molecule has 2 amide bonds. The molecule has 0 fully saturated rings. The third-order valence-electron chi connectivity index (χ3n) is 5.29. The maximum absolute atomic E-state index is 12.9. The number of methoxy groups -OCH3 is 1. The molecule has 3 N–H and O–H groups in total. The van der Waals surface area contributed by atoms with E-state index in [2.05, 4.69) is 15.4 Å². The number of nitrogens with one attached hydrogen (secondary N) is 3. The molecule has 0 spiro atoms. The van der Waals surface area contributed by atoms with E-state index in [1.54, 1.807) is 74.7 Å². The van der Waals surface area contributed by atoms with Crippen molar-refractivity contribution in [1.82, 2.24) is 5.32 Å². The number of aryl methyl sites for hydroxylation is 2. The van der Waals surface area contributed by atoms with Gasteiger partial charge in [-0.1, -0.05) is 29.8 Å². The van der Waals surface area contributed by atoms with E-state index in [0.717, 1.165) is 5.56 Å². The lowest BCUT2D eigenvalue weighted by atomic mass is 10.1. The molecular formula is C26H29N3O5S. The maximum Gasteiger partial charge on any atom is 0.261 e. The lowest BCUT2D eigenvalue weighted by molar-refractivity contribution is 0.0949. The Balaban J connectivity index is 1.72. The highest BCUT2D eigenvalue weighted by atomic mass is 32.2. The van der Waals surface area contributed by atoms with Crippen LogP contribution in [0.4, 0.5) is 11.4 Å². The molecule has 0 bridgehead atoms. The van der Waals surface area contributed by atoms with Crippen LogP contribution in [-0.4, -0.2) is 40.5 Å². The Morgan fingerprint density at radius 2 is 1.60 bits per heavy atom. The second-order valence-electron chi connectivity index (χ2n) is 8.05. The zero-order valence-electron chi connectivity index (χ0n) is 19.9. The first-order valence-corrected chi connectivity index (χ1v) is 12.6. The Kier molecular flexibility index (Phi) is 8.62. The van der Waals surface area contributed by atoms with Crippen molar-refractivity contribution in [2.24, 2.45) is 0 Å². The summed E-state index contributed by atoms with van der Waals surface area (Å²) in [6.07, 6.45) is 0.677. The Hall–Kier alpha value is -3.69. The molecule has 0 aliphatic carbocycles. The Bertz CT molecular complexity index is 1300. The van der Waals surface area contributed by atoms with Gasteiger partial charge in [0.15, 0.2) is 0 Å². The lowest BCUT2D eigenvalue weighted by Crippen LogP contribution is -2.26. The molecule has 0 unspecified atom stereocenters. The molecule has 0 saturated carbocycles. The van der Waals surface area contributed by atoms with Crippen LogP contribution in [0.2, 0.25) is 0 Å². The van der Waals surface area contributed by atoms with Gasteiger partial charge in [0.1, 0.15) is 0 Å². The number of benzene rings is 3. The Labute approximate surface area is 205 Å². The maximum atomic E-state index is 12.9. The van der Waals surface area contributed by atoms with Gasteiger partial charge in [0.2, 0.25) is 0 Å². The van der Waals surface area contributed by atoms with Gasteiger partial charge in [0, 0.05) is 25.8 Å². The van der Waals surface area contributed by atoms with Crippen molar-refractivity contribution in [3.05, 3.63) is 89.0 Å². The van der Waals surface area contributed by atoms with Crippen LogP contribution in [0, 0.1) is 13.8 Å². The largest absolute Gasteiger partial charge is 0.385 e. The summed E-state index contributed by atoms with van der Waals surface area (Å²) in [7, 11) is -2.17. The fourth-order valence-corrected chi connectivity index (χ4v) is 4.47. The predicted octanol–water partition coefficient (Wildman–Crippen LogP) is 4.12. The SMILES string of the molecule is COCCCNC(=O)c1ccccc1NC(=O)c1ccc(NS(=O)(=O)c2ccc(C)cc2)c(C)c1. The van der Waals surface area contributed by atoms with Gasteiger partial charge in [-0.3, -0.25) is 14.3 Å². The molecule has 0 aliphatic heterocycles. The standard InChI is InChI=1S/C26H29N3O5S/c1-18-9-12-21(13-10-18)35(32,33)29-23-14-11-20(17-19(23)2)25(30)28-24-8-5-4-7-22(24)26(31)27-15-6-16-34-3/h4-5,7-14,17,29H,6,15-16H2,1-3H3,(H,27,31)(H,28,30). The number of ether oxygens (including phenoxy) is 1. The minimum atomic E-state index is -3.76. The second-order valence-corrected chi connectivity index (χ2v) is 9.73. The summed E-state index contributed by atoms with van der Waals surface area (Å²) in [5.74, 6) is -0.713. The minimum Gasteiger partial charge on any atom is -0.385 e. The van der Waals surface area contributed by atoms with Gasteiger partial charge in [-0.05, 0) is 68.3 Å². The second kappa shape index (κ2) is 11.6. The fraction of sp³-hybridized carbons (Fsp3) is 0.231. The molecule has 0 aliphatic rings. The zero-order valence-corrected chi connectivity index (χ0v) is 20.7. The van der Waals surface area contributed by atoms with Gasteiger partial charge in [-0.25, -0.2) is 8.42 Å².